The Labute approximate surface area is 188 Å². The Morgan fingerprint density at radius 3 is 2.30 bits per heavy atom. The van der Waals surface area contributed by atoms with Crippen LogP contribution >= 0.6 is 22.6 Å². The lowest BCUT2D eigenvalue weighted by atomic mass is 10.1. The maximum absolute atomic E-state index is 12.6. The molecular formula is C24H18IN3O2. The average Bonchev–Trinajstić information content (AvgIpc) is 2.77. The maximum Gasteiger partial charge on any atom is 0.230 e. The van der Waals surface area contributed by atoms with Gasteiger partial charge in [-0.1, -0.05) is 42.5 Å². The van der Waals surface area contributed by atoms with Gasteiger partial charge in [-0.3, -0.25) is 4.79 Å². The SMILES string of the molecule is O=C(Cc1ccc(I)cc1)Nc1ncc(-c2ccccc2)nc1-c1ccc(O)cc1. The molecule has 0 radical (unpaired) electrons. The fraction of sp³-hybridized carbons (Fsp3) is 0.0417. The molecule has 0 saturated heterocycles. The molecule has 6 heteroatoms. The van der Waals surface area contributed by atoms with Crippen LogP contribution in [0.4, 0.5) is 5.82 Å². The second kappa shape index (κ2) is 9.04. The van der Waals surface area contributed by atoms with E-state index in [2.05, 4.69) is 32.9 Å². The van der Waals surface area contributed by atoms with E-state index in [4.69, 9.17) is 4.98 Å². The van der Waals surface area contributed by atoms with Crippen molar-refractivity contribution in [1.29, 1.82) is 0 Å². The molecule has 1 heterocycles. The van der Waals surface area contributed by atoms with Gasteiger partial charge in [-0.05, 0) is 64.6 Å². The molecule has 0 bridgehead atoms. The first-order valence-electron chi connectivity index (χ1n) is 9.34. The number of hydrogen-bond donors (Lipinski definition) is 2. The van der Waals surface area contributed by atoms with Crippen molar-refractivity contribution in [2.24, 2.45) is 0 Å². The summed E-state index contributed by atoms with van der Waals surface area (Å²) in [4.78, 5) is 21.9. The van der Waals surface area contributed by atoms with E-state index in [-0.39, 0.29) is 18.1 Å². The van der Waals surface area contributed by atoms with Crippen LogP contribution < -0.4 is 5.32 Å². The summed E-state index contributed by atoms with van der Waals surface area (Å²) < 4.78 is 1.12. The molecule has 0 aliphatic rings. The van der Waals surface area contributed by atoms with E-state index >= 15 is 0 Å². The minimum atomic E-state index is -0.169. The number of hydrogen-bond acceptors (Lipinski definition) is 4. The number of carbonyl (C=O) groups excluding carboxylic acids is 1. The number of rotatable bonds is 5. The Kier molecular flexibility index (Phi) is 6.04. The number of aromatic nitrogens is 2. The number of carbonyl (C=O) groups is 1. The van der Waals surface area contributed by atoms with Gasteiger partial charge in [-0.15, -0.1) is 0 Å². The lowest BCUT2D eigenvalue weighted by Crippen LogP contribution is -2.16. The van der Waals surface area contributed by atoms with Gasteiger partial charge in [0.15, 0.2) is 5.82 Å². The number of halogens is 1. The second-order valence-corrected chi connectivity index (χ2v) is 7.96. The molecule has 5 nitrogen and oxygen atoms in total. The highest BCUT2D eigenvalue weighted by atomic mass is 127. The average molecular weight is 507 g/mol. The van der Waals surface area contributed by atoms with Crippen molar-refractivity contribution < 1.29 is 9.90 Å². The van der Waals surface area contributed by atoms with Gasteiger partial charge in [0.2, 0.25) is 5.91 Å². The molecule has 0 saturated carbocycles. The molecular weight excluding hydrogens is 489 g/mol. The van der Waals surface area contributed by atoms with Crippen molar-refractivity contribution >= 4 is 34.3 Å². The number of phenols is 1. The number of nitrogens with zero attached hydrogens (tertiary/aromatic N) is 2. The predicted octanol–water partition coefficient (Wildman–Crippen LogP) is 5.30. The Morgan fingerprint density at radius 2 is 1.60 bits per heavy atom. The van der Waals surface area contributed by atoms with Crippen LogP contribution in [0.1, 0.15) is 5.56 Å². The molecule has 1 amide bonds. The summed E-state index contributed by atoms with van der Waals surface area (Å²) in [6, 6.07) is 24.2. The van der Waals surface area contributed by atoms with Gasteiger partial charge in [-0.25, -0.2) is 9.97 Å². The second-order valence-electron chi connectivity index (χ2n) is 6.72. The number of anilines is 1. The van der Waals surface area contributed by atoms with Crippen molar-refractivity contribution in [3.05, 3.63) is 94.2 Å². The van der Waals surface area contributed by atoms with Crippen LogP contribution in [0.25, 0.3) is 22.5 Å². The highest BCUT2D eigenvalue weighted by molar-refractivity contribution is 14.1. The Hall–Kier alpha value is -3.26. The third kappa shape index (κ3) is 4.83. The minimum absolute atomic E-state index is 0.162. The monoisotopic (exact) mass is 507 g/mol. The van der Waals surface area contributed by atoms with Crippen LogP contribution in [-0.4, -0.2) is 21.0 Å². The van der Waals surface area contributed by atoms with Gasteiger partial charge in [0.25, 0.3) is 0 Å². The third-order valence-corrected chi connectivity index (χ3v) is 5.24. The molecule has 4 rings (SSSR count). The summed E-state index contributed by atoms with van der Waals surface area (Å²) in [6.45, 7) is 0. The number of phenolic OH excluding ortho intramolecular Hbond substituents is 1. The Bertz CT molecular complexity index is 1160. The van der Waals surface area contributed by atoms with E-state index in [0.29, 0.717) is 17.2 Å². The summed E-state index contributed by atoms with van der Waals surface area (Å²) in [5, 5.41) is 12.5. The fourth-order valence-electron chi connectivity index (χ4n) is 3.01. The van der Waals surface area contributed by atoms with Crippen molar-refractivity contribution in [3.8, 4) is 28.3 Å². The van der Waals surface area contributed by atoms with Gasteiger partial charge < -0.3 is 10.4 Å². The highest BCUT2D eigenvalue weighted by Gasteiger charge is 2.14. The quantitative estimate of drug-likeness (QED) is 0.360. The number of amides is 1. The van der Waals surface area contributed by atoms with E-state index in [1.807, 2.05) is 54.6 Å². The van der Waals surface area contributed by atoms with E-state index in [1.54, 1.807) is 30.5 Å². The van der Waals surface area contributed by atoms with Crippen LogP contribution in [0.3, 0.4) is 0 Å². The molecule has 0 unspecified atom stereocenters. The topological polar surface area (TPSA) is 75.1 Å². The molecule has 0 atom stereocenters. The molecule has 30 heavy (non-hydrogen) atoms. The van der Waals surface area contributed by atoms with E-state index in [0.717, 1.165) is 20.3 Å². The lowest BCUT2D eigenvalue weighted by Gasteiger charge is -2.12. The van der Waals surface area contributed by atoms with Crippen LogP contribution in [-0.2, 0) is 11.2 Å². The van der Waals surface area contributed by atoms with E-state index in [9.17, 15) is 9.90 Å². The Morgan fingerprint density at radius 1 is 0.900 bits per heavy atom. The lowest BCUT2D eigenvalue weighted by molar-refractivity contribution is -0.115. The third-order valence-electron chi connectivity index (χ3n) is 4.52. The van der Waals surface area contributed by atoms with Gasteiger partial charge in [0, 0.05) is 14.7 Å². The van der Waals surface area contributed by atoms with Crippen LogP contribution in [0.15, 0.2) is 85.1 Å². The molecule has 148 valence electrons. The minimum Gasteiger partial charge on any atom is -0.508 e. The van der Waals surface area contributed by atoms with Crippen molar-refractivity contribution in [3.63, 3.8) is 0 Å². The highest BCUT2D eigenvalue weighted by Crippen LogP contribution is 2.29. The Balaban J connectivity index is 1.66. The standard InChI is InChI=1S/C24H18IN3O2/c25-19-10-6-16(7-11-19)14-22(30)28-24-23(18-8-12-20(29)13-9-18)27-21(15-26-24)17-4-2-1-3-5-17/h1-13,15,29H,14H2,(H,26,28,30). The summed E-state index contributed by atoms with van der Waals surface area (Å²) in [7, 11) is 0. The van der Waals surface area contributed by atoms with Crippen LogP contribution in [0.2, 0.25) is 0 Å². The maximum atomic E-state index is 12.6. The summed E-state index contributed by atoms with van der Waals surface area (Å²) in [5.41, 5.74) is 3.86. The van der Waals surface area contributed by atoms with Gasteiger partial charge in [0.05, 0.1) is 18.3 Å². The van der Waals surface area contributed by atoms with Gasteiger partial charge in [-0.2, -0.15) is 0 Å². The first-order chi connectivity index (χ1) is 14.6. The number of benzene rings is 3. The smallest absolute Gasteiger partial charge is 0.230 e. The molecule has 0 aliphatic heterocycles. The molecule has 3 aromatic carbocycles. The zero-order valence-corrected chi connectivity index (χ0v) is 18.1. The fourth-order valence-corrected chi connectivity index (χ4v) is 3.37. The zero-order chi connectivity index (χ0) is 20.9. The molecule has 1 aromatic heterocycles. The van der Waals surface area contributed by atoms with Crippen molar-refractivity contribution in [2.45, 2.75) is 6.42 Å². The largest absolute Gasteiger partial charge is 0.508 e. The van der Waals surface area contributed by atoms with Crippen molar-refractivity contribution in [2.75, 3.05) is 5.32 Å². The van der Waals surface area contributed by atoms with E-state index in [1.165, 1.54) is 0 Å². The van der Waals surface area contributed by atoms with Crippen LogP contribution in [0.5, 0.6) is 5.75 Å². The van der Waals surface area contributed by atoms with Crippen LogP contribution in [0, 0.1) is 3.57 Å². The molecule has 0 fully saturated rings. The first-order valence-corrected chi connectivity index (χ1v) is 10.4. The number of aromatic hydroxyl groups is 1. The van der Waals surface area contributed by atoms with Gasteiger partial charge >= 0.3 is 0 Å². The molecule has 0 aliphatic carbocycles. The van der Waals surface area contributed by atoms with E-state index < -0.39 is 0 Å². The van der Waals surface area contributed by atoms with Gasteiger partial charge in [0.1, 0.15) is 11.4 Å². The molecule has 4 aromatic rings. The first kappa shape index (κ1) is 20.0. The normalized spacial score (nSPS) is 10.6. The zero-order valence-electron chi connectivity index (χ0n) is 15.9. The van der Waals surface area contributed by atoms with Crippen molar-refractivity contribution in [1.82, 2.24) is 9.97 Å². The summed E-state index contributed by atoms with van der Waals surface area (Å²) >= 11 is 2.23. The molecule has 0 spiro atoms. The molecule has 2 N–H and O–H groups in total. The number of nitrogens with one attached hydrogen (secondary N) is 1. The summed E-state index contributed by atoms with van der Waals surface area (Å²) in [5.74, 6) is 0.379. The summed E-state index contributed by atoms with van der Waals surface area (Å²) in [6.07, 6.45) is 1.90. The predicted molar refractivity (Wildman–Crippen MR) is 126 cm³/mol.